The van der Waals surface area contributed by atoms with E-state index in [1.54, 1.807) is 29.0 Å². The van der Waals surface area contributed by atoms with Gasteiger partial charge in [-0.05, 0) is 61.2 Å². The standard InChI is InChI=1S/C41H48N6O7Si/c1-27-38(55(4,5)32-16-14-31(52-2)15-17-32)36(19-22-45-26-29(20-23-48)43-44-45)54-41(27)34-24-30(47-39(50)33-11-7-6-10-28(33)25-42-47)13-18-35(34)46(40(41)51)21-9-8-12-37(49)53-3/h6-7,10-11,13-18,24-27,36,38,48H,8-9,12,19-23H2,1-5H3/t27-,36+,38-,41+/m0/s1. The summed E-state index contributed by atoms with van der Waals surface area (Å²) in [6, 6.07) is 21.2. The topological polar surface area (TPSA) is 151 Å². The summed E-state index contributed by atoms with van der Waals surface area (Å²) >= 11 is 0. The molecule has 4 heterocycles. The van der Waals surface area contributed by atoms with Crippen molar-refractivity contribution in [2.75, 3.05) is 32.3 Å². The smallest absolute Gasteiger partial charge is 0.305 e. The van der Waals surface area contributed by atoms with E-state index < -0.39 is 13.7 Å². The van der Waals surface area contributed by atoms with Gasteiger partial charge < -0.3 is 24.2 Å². The summed E-state index contributed by atoms with van der Waals surface area (Å²) < 4.78 is 20.8. The molecule has 13 nitrogen and oxygen atoms in total. The normalized spacial score (nSPS) is 20.7. The van der Waals surface area contributed by atoms with Crippen molar-refractivity contribution in [1.29, 1.82) is 0 Å². The zero-order valence-electron chi connectivity index (χ0n) is 32.0. The molecule has 5 aromatic rings. The van der Waals surface area contributed by atoms with Crippen LogP contribution in [0.2, 0.25) is 18.6 Å². The minimum Gasteiger partial charge on any atom is -0.497 e. The Kier molecular flexibility index (Phi) is 10.7. The Labute approximate surface area is 320 Å². The highest BCUT2D eigenvalue weighted by Gasteiger charge is 2.66. The number of methoxy groups -OCH3 is 2. The molecule has 1 amide bonds. The van der Waals surface area contributed by atoms with Crippen LogP contribution in [0.15, 0.2) is 83.9 Å². The van der Waals surface area contributed by atoms with Crippen LogP contribution in [-0.4, -0.2) is 83.3 Å². The lowest BCUT2D eigenvalue weighted by Gasteiger charge is -2.37. The molecule has 55 heavy (non-hydrogen) atoms. The molecule has 1 saturated heterocycles. The Hall–Kier alpha value is -5.18. The lowest BCUT2D eigenvalue weighted by atomic mass is 9.82. The Morgan fingerprint density at radius 2 is 1.80 bits per heavy atom. The molecule has 14 heteroatoms. The summed E-state index contributed by atoms with van der Waals surface area (Å²) in [4.78, 5) is 42.8. The minimum atomic E-state index is -2.43. The third-order valence-electron chi connectivity index (χ3n) is 11.6. The number of rotatable bonds is 14. The highest BCUT2D eigenvalue weighted by atomic mass is 28.3. The number of carbonyl (C=O) groups is 2. The van der Waals surface area contributed by atoms with Gasteiger partial charge in [-0.25, -0.2) is 0 Å². The van der Waals surface area contributed by atoms with Crippen molar-refractivity contribution in [2.24, 2.45) is 5.92 Å². The number of aliphatic hydroxyl groups is 1. The van der Waals surface area contributed by atoms with E-state index in [-0.39, 0.29) is 48.0 Å². The zero-order valence-corrected chi connectivity index (χ0v) is 33.0. The first-order chi connectivity index (χ1) is 26.5. The van der Waals surface area contributed by atoms with E-state index in [4.69, 9.17) is 14.2 Å². The molecule has 0 saturated carbocycles. The third kappa shape index (κ3) is 6.87. The number of aliphatic hydroxyl groups excluding tert-OH is 1. The first kappa shape index (κ1) is 38.1. The molecule has 3 aromatic carbocycles. The molecule has 0 bridgehead atoms. The molecule has 2 aromatic heterocycles. The number of unbranched alkanes of at least 4 members (excludes halogenated alkanes) is 1. The Morgan fingerprint density at radius 1 is 1.02 bits per heavy atom. The fraction of sp³-hybridized carbons (Fsp3) is 0.415. The van der Waals surface area contributed by atoms with E-state index in [1.165, 1.54) is 17.0 Å². The number of hydrogen-bond acceptors (Lipinski definition) is 10. The quantitative estimate of drug-likeness (QED) is 0.0972. The van der Waals surface area contributed by atoms with Crippen molar-refractivity contribution in [3.05, 3.63) is 101 Å². The van der Waals surface area contributed by atoms with E-state index in [1.807, 2.05) is 54.7 Å². The number of ether oxygens (including phenoxy) is 3. The van der Waals surface area contributed by atoms with Crippen molar-refractivity contribution in [1.82, 2.24) is 24.8 Å². The Morgan fingerprint density at radius 3 is 2.55 bits per heavy atom. The summed E-state index contributed by atoms with van der Waals surface area (Å²) in [5, 5.41) is 25.0. The predicted molar refractivity (Wildman–Crippen MR) is 211 cm³/mol. The summed E-state index contributed by atoms with van der Waals surface area (Å²) in [6.07, 6.45) is 5.56. The van der Waals surface area contributed by atoms with Gasteiger partial charge in [-0.1, -0.05) is 60.7 Å². The predicted octanol–water partition coefficient (Wildman–Crippen LogP) is 4.52. The van der Waals surface area contributed by atoms with Crippen LogP contribution < -0.4 is 20.4 Å². The monoisotopic (exact) mass is 764 g/mol. The van der Waals surface area contributed by atoms with Gasteiger partial charge in [-0.3, -0.25) is 19.1 Å². The van der Waals surface area contributed by atoms with Gasteiger partial charge in [-0.15, -0.1) is 5.10 Å². The summed E-state index contributed by atoms with van der Waals surface area (Å²) in [5.74, 6) is 0.0597. The zero-order chi connectivity index (χ0) is 38.9. The van der Waals surface area contributed by atoms with E-state index in [9.17, 15) is 14.7 Å². The first-order valence-electron chi connectivity index (χ1n) is 18.9. The second kappa shape index (κ2) is 15.5. The van der Waals surface area contributed by atoms with Crippen LogP contribution in [0.4, 0.5) is 5.69 Å². The van der Waals surface area contributed by atoms with Gasteiger partial charge in [0.2, 0.25) is 0 Å². The maximum Gasteiger partial charge on any atom is 0.305 e. The lowest BCUT2D eigenvalue weighted by molar-refractivity contribution is -0.146. The number of aromatic nitrogens is 5. The number of carbonyl (C=O) groups excluding carboxylic acids is 2. The van der Waals surface area contributed by atoms with E-state index in [0.717, 1.165) is 16.8 Å². The van der Waals surface area contributed by atoms with Crippen molar-refractivity contribution in [3.8, 4) is 11.4 Å². The van der Waals surface area contributed by atoms with Crippen molar-refractivity contribution in [3.63, 3.8) is 0 Å². The van der Waals surface area contributed by atoms with Gasteiger partial charge in [0.1, 0.15) is 5.75 Å². The van der Waals surface area contributed by atoms with Crippen LogP contribution in [0.3, 0.4) is 0 Å². The van der Waals surface area contributed by atoms with Crippen LogP contribution in [0.1, 0.15) is 43.9 Å². The average molecular weight is 765 g/mol. The van der Waals surface area contributed by atoms with Crippen molar-refractivity contribution < 1.29 is 28.9 Å². The molecule has 0 unspecified atom stereocenters. The minimum absolute atomic E-state index is 0.0161. The molecule has 2 aliphatic heterocycles. The summed E-state index contributed by atoms with van der Waals surface area (Å²) in [7, 11) is 0.593. The van der Waals surface area contributed by atoms with Crippen LogP contribution in [0, 0.1) is 5.92 Å². The highest BCUT2D eigenvalue weighted by molar-refractivity contribution is 6.91. The van der Waals surface area contributed by atoms with E-state index >= 15 is 4.79 Å². The van der Waals surface area contributed by atoms with Gasteiger partial charge in [0, 0.05) is 55.6 Å². The molecule has 1 spiro atoms. The molecule has 0 radical (unpaired) electrons. The summed E-state index contributed by atoms with van der Waals surface area (Å²) in [6.45, 7) is 7.67. The fourth-order valence-electron chi connectivity index (χ4n) is 8.78. The molecule has 1 N–H and O–H groups in total. The van der Waals surface area contributed by atoms with Gasteiger partial charge >= 0.3 is 5.97 Å². The number of nitrogens with zero attached hydrogens (tertiary/aromatic N) is 6. The van der Waals surface area contributed by atoms with Gasteiger partial charge in [0.05, 0.1) is 57.0 Å². The van der Waals surface area contributed by atoms with Crippen LogP contribution in [0.5, 0.6) is 5.75 Å². The number of hydrogen-bond donors (Lipinski definition) is 1. The first-order valence-corrected chi connectivity index (χ1v) is 21.9. The SMILES string of the molecule is COC(=O)CCCCN1C(=O)[C@]2(O[C@H](CCn3cc(CCO)nn3)[C@@H]([Si](C)(C)c3ccc(OC)cc3)[C@@H]2C)c2cc(-n3ncc4ccccc4c3=O)ccc21. The van der Waals surface area contributed by atoms with E-state index in [0.29, 0.717) is 61.1 Å². The number of anilines is 1. The van der Waals surface area contributed by atoms with E-state index in [2.05, 4.69) is 47.6 Å². The molecule has 0 aliphatic carbocycles. The molecule has 2 aliphatic rings. The molecule has 288 valence electrons. The van der Waals surface area contributed by atoms with Crippen LogP contribution in [-0.2, 0) is 37.6 Å². The fourth-order valence-corrected chi connectivity index (χ4v) is 12.8. The van der Waals surface area contributed by atoms with Crippen molar-refractivity contribution in [2.45, 2.75) is 75.9 Å². The highest BCUT2D eigenvalue weighted by Crippen LogP contribution is 2.60. The Balaban J connectivity index is 1.33. The number of amides is 1. The largest absolute Gasteiger partial charge is 0.497 e. The molecule has 7 rings (SSSR count). The number of benzene rings is 3. The number of fused-ring (bicyclic) bond motifs is 3. The average Bonchev–Trinajstić information content (AvgIpc) is 3.85. The van der Waals surface area contributed by atoms with Crippen LogP contribution in [0.25, 0.3) is 16.5 Å². The second-order valence-corrected chi connectivity index (χ2v) is 19.7. The molecular formula is C41H48N6O7Si. The number of esters is 1. The summed E-state index contributed by atoms with van der Waals surface area (Å²) in [5.41, 5.74) is 1.03. The third-order valence-corrected chi connectivity index (χ3v) is 16.0. The second-order valence-electron chi connectivity index (χ2n) is 15.0. The lowest BCUT2D eigenvalue weighted by Crippen LogP contribution is -2.52. The molecular weight excluding hydrogens is 717 g/mol. The number of aryl methyl sites for hydroxylation is 1. The molecule has 1 fully saturated rings. The van der Waals surface area contributed by atoms with Crippen molar-refractivity contribution >= 4 is 41.6 Å². The maximum absolute atomic E-state index is 15.2. The molecule has 4 atom stereocenters. The Bertz CT molecular complexity index is 2260. The maximum atomic E-state index is 15.2. The van der Waals surface area contributed by atoms with Gasteiger partial charge in [0.25, 0.3) is 11.5 Å². The van der Waals surface area contributed by atoms with Crippen LogP contribution >= 0.6 is 0 Å². The van der Waals surface area contributed by atoms with Gasteiger partial charge in [-0.2, -0.15) is 9.78 Å². The van der Waals surface area contributed by atoms with Gasteiger partial charge in [0.15, 0.2) is 5.60 Å².